The first-order valence-corrected chi connectivity index (χ1v) is 5.47. The molecule has 0 aromatic carbocycles. The lowest BCUT2D eigenvalue weighted by molar-refractivity contribution is 0.584. The summed E-state index contributed by atoms with van der Waals surface area (Å²) in [4.78, 5) is 7.40. The minimum Gasteiger partial charge on any atom is -0.383 e. The maximum atomic E-state index is 13.0. The summed E-state index contributed by atoms with van der Waals surface area (Å²) >= 11 is 9.19. The molecule has 82 valence electrons. The molecule has 2 aromatic heterocycles. The number of nitrogen functional groups attached to an aromatic ring is 1. The third kappa shape index (κ3) is 2.15. The van der Waals surface area contributed by atoms with Crippen LogP contribution in [-0.4, -0.2) is 9.97 Å². The van der Waals surface area contributed by atoms with E-state index in [1.165, 1.54) is 12.3 Å². The van der Waals surface area contributed by atoms with Gasteiger partial charge in [0.15, 0.2) is 0 Å². The number of hydrogen-bond acceptors (Lipinski definition) is 3. The van der Waals surface area contributed by atoms with Crippen molar-refractivity contribution in [2.45, 2.75) is 0 Å². The van der Waals surface area contributed by atoms with Gasteiger partial charge in [-0.15, -0.1) is 0 Å². The summed E-state index contributed by atoms with van der Waals surface area (Å²) in [6.07, 6.45) is 2.80. The van der Waals surface area contributed by atoms with E-state index >= 15 is 0 Å². The second kappa shape index (κ2) is 4.35. The Labute approximate surface area is 105 Å². The lowest BCUT2D eigenvalue weighted by Gasteiger charge is -2.07. The SMILES string of the molecule is Nc1ncc(Br)cc1-c1cc(F)ncc1Cl. The standard InChI is InChI=1S/C10H6BrClFN3/c11-5-1-7(10(14)16-3-5)6-2-9(13)15-4-8(6)12/h1-4H,(H2,14,16). The molecule has 3 nitrogen and oxygen atoms in total. The summed E-state index contributed by atoms with van der Waals surface area (Å²) < 4.78 is 13.8. The Morgan fingerprint density at radius 1 is 1.19 bits per heavy atom. The predicted octanol–water partition coefficient (Wildman–Crippen LogP) is 3.28. The number of halogens is 3. The number of rotatable bonds is 1. The van der Waals surface area contributed by atoms with E-state index in [4.69, 9.17) is 17.3 Å². The van der Waals surface area contributed by atoms with Crippen molar-refractivity contribution in [3.63, 3.8) is 0 Å². The smallest absolute Gasteiger partial charge is 0.213 e. The quantitative estimate of drug-likeness (QED) is 0.823. The van der Waals surface area contributed by atoms with E-state index in [-0.39, 0.29) is 5.82 Å². The minimum atomic E-state index is -0.612. The van der Waals surface area contributed by atoms with E-state index < -0.39 is 5.95 Å². The van der Waals surface area contributed by atoms with Crippen LogP contribution in [0.15, 0.2) is 29.0 Å². The van der Waals surface area contributed by atoms with Gasteiger partial charge >= 0.3 is 0 Å². The van der Waals surface area contributed by atoms with Crippen molar-refractivity contribution in [3.05, 3.63) is 40.0 Å². The lowest BCUT2D eigenvalue weighted by atomic mass is 10.1. The molecule has 6 heteroatoms. The number of nitrogens with two attached hydrogens (primary N) is 1. The molecule has 0 aliphatic heterocycles. The molecular formula is C10H6BrClFN3. The van der Waals surface area contributed by atoms with Gasteiger partial charge in [0, 0.05) is 34.1 Å². The second-order valence-electron chi connectivity index (χ2n) is 3.07. The molecule has 2 rings (SSSR count). The van der Waals surface area contributed by atoms with Crippen LogP contribution in [0.25, 0.3) is 11.1 Å². The summed E-state index contributed by atoms with van der Waals surface area (Å²) in [7, 11) is 0. The largest absolute Gasteiger partial charge is 0.383 e. The van der Waals surface area contributed by atoms with Crippen LogP contribution in [0.3, 0.4) is 0 Å². The van der Waals surface area contributed by atoms with E-state index in [0.717, 1.165) is 4.47 Å². The first-order chi connectivity index (χ1) is 7.58. The summed E-state index contributed by atoms with van der Waals surface area (Å²) in [6.45, 7) is 0. The van der Waals surface area contributed by atoms with Crippen molar-refractivity contribution in [3.8, 4) is 11.1 Å². The molecule has 2 aromatic rings. The van der Waals surface area contributed by atoms with Gasteiger partial charge < -0.3 is 5.73 Å². The molecule has 0 saturated carbocycles. The highest BCUT2D eigenvalue weighted by Gasteiger charge is 2.10. The molecule has 0 fully saturated rings. The molecule has 0 radical (unpaired) electrons. The number of hydrogen-bond donors (Lipinski definition) is 1. The van der Waals surface area contributed by atoms with Gasteiger partial charge in [-0.05, 0) is 22.0 Å². The third-order valence-corrected chi connectivity index (χ3v) is 2.73. The zero-order valence-corrected chi connectivity index (χ0v) is 10.3. The van der Waals surface area contributed by atoms with Crippen LogP contribution in [0.5, 0.6) is 0 Å². The van der Waals surface area contributed by atoms with Crippen molar-refractivity contribution in [2.24, 2.45) is 0 Å². The Morgan fingerprint density at radius 2 is 1.94 bits per heavy atom. The first-order valence-electron chi connectivity index (χ1n) is 4.30. The van der Waals surface area contributed by atoms with Gasteiger partial charge in [-0.25, -0.2) is 9.97 Å². The highest BCUT2D eigenvalue weighted by atomic mass is 79.9. The number of anilines is 1. The Hall–Kier alpha value is -1.20. The van der Waals surface area contributed by atoms with Gasteiger partial charge in [-0.2, -0.15) is 4.39 Å². The first kappa shape index (κ1) is 11.3. The van der Waals surface area contributed by atoms with Crippen LogP contribution in [-0.2, 0) is 0 Å². The molecule has 0 bridgehead atoms. The molecule has 0 unspecified atom stereocenters. The fraction of sp³-hybridized carbons (Fsp3) is 0. The second-order valence-corrected chi connectivity index (χ2v) is 4.40. The Balaban J connectivity index is 2.66. The van der Waals surface area contributed by atoms with Crippen molar-refractivity contribution in [1.29, 1.82) is 0 Å². The molecule has 2 N–H and O–H groups in total. The van der Waals surface area contributed by atoms with Gasteiger partial charge in [-0.1, -0.05) is 11.6 Å². The number of aromatic nitrogens is 2. The molecule has 16 heavy (non-hydrogen) atoms. The molecule has 0 aliphatic rings. The summed E-state index contributed by atoms with van der Waals surface area (Å²) in [6, 6.07) is 2.95. The average Bonchev–Trinajstić information content (AvgIpc) is 2.25. The fourth-order valence-electron chi connectivity index (χ4n) is 1.29. The van der Waals surface area contributed by atoms with Crippen molar-refractivity contribution < 1.29 is 4.39 Å². The van der Waals surface area contributed by atoms with Crippen LogP contribution in [0.2, 0.25) is 5.02 Å². The minimum absolute atomic E-state index is 0.288. The molecule has 0 spiro atoms. The third-order valence-electron chi connectivity index (χ3n) is 2.00. The Bertz CT molecular complexity index is 498. The van der Waals surface area contributed by atoms with Gasteiger partial charge in [0.25, 0.3) is 0 Å². The molecule has 0 amide bonds. The highest BCUT2D eigenvalue weighted by Crippen LogP contribution is 2.32. The molecule has 0 atom stereocenters. The van der Waals surface area contributed by atoms with Gasteiger partial charge in [0.05, 0.1) is 5.02 Å². The Kier molecular flexibility index (Phi) is 3.07. The highest BCUT2D eigenvalue weighted by molar-refractivity contribution is 9.10. The zero-order valence-electron chi connectivity index (χ0n) is 7.92. The van der Waals surface area contributed by atoms with Crippen molar-refractivity contribution >= 4 is 33.3 Å². The zero-order chi connectivity index (χ0) is 11.7. The Morgan fingerprint density at radius 3 is 2.69 bits per heavy atom. The van der Waals surface area contributed by atoms with Crippen LogP contribution in [0.4, 0.5) is 10.2 Å². The summed E-state index contributed by atoms with van der Waals surface area (Å²) in [5.74, 6) is -0.325. The van der Waals surface area contributed by atoms with Gasteiger partial charge in [-0.3, -0.25) is 0 Å². The van der Waals surface area contributed by atoms with Gasteiger partial charge in [0.2, 0.25) is 5.95 Å². The topological polar surface area (TPSA) is 51.8 Å². The van der Waals surface area contributed by atoms with Crippen LogP contribution >= 0.6 is 27.5 Å². The maximum absolute atomic E-state index is 13.0. The lowest BCUT2D eigenvalue weighted by Crippen LogP contribution is -1.95. The predicted molar refractivity (Wildman–Crippen MR) is 64.5 cm³/mol. The van der Waals surface area contributed by atoms with E-state index in [0.29, 0.717) is 16.1 Å². The van der Waals surface area contributed by atoms with Crippen molar-refractivity contribution in [1.82, 2.24) is 9.97 Å². The molecular weight excluding hydrogens is 296 g/mol. The summed E-state index contributed by atoms with van der Waals surface area (Å²) in [5, 5.41) is 0.327. The molecule has 0 saturated heterocycles. The number of pyridine rings is 2. The van der Waals surface area contributed by atoms with E-state index in [9.17, 15) is 4.39 Å². The maximum Gasteiger partial charge on any atom is 0.213 e. The van der Waals surface area contributed by atoms with E-state index in [1.807, 2.05) is 0 Å². The van der Waals surface area contributed by atoms with Crippen LogP contribution in [0.1, 0.15) is 0 Å². The summed E-state index contributed by atoms with van der Waals surface area (Å²) in [5.41, 5.74) is 6.75. The number of nitrogens with zero attached hydrogens (tertiary/aromatic N) is 2. The average molecular weight is 303 g/mol. The monoisotopic (exact) mass is 301 g/mol. The van der Waals surface area contributed by atoms with Gasteiger partial charge in [0.1, 0.15) is 5.82 Å². The normalized spacial score (nSPS) is 10.4. The molecule has 2 heterocycles. The fourth-order valence-corrected chi connectivity index (χ4v) is 1.82. The van der Waals surface area contributed by atoms with Crippen LogP contribution in [0, 0.1) is 5.95 Å². The van der Waals surface area contributed by atoms with E-state index in [1.54, 1.807) is 12.3 Å². The van der Waals surface area contributed by atoms with Crippen molar-refractivity contribution in [2.75, 3.05) is 5.73 Å². The van der Waals surface area contributed by atoms with Crippen LogP contribution < -0.4 is 5.73 Å². The molecule has 0 aliphatic carbocycles. The van der Waals surface area contributed by atoms with E-state index in [2.05, 4.69) is 25.9 Å².